The van der Waals surface area contributed by atoms with Crippen LogP contribution >= 0.6 is 0 Å². The van der Waals surface area contributed by atoms with Gasteiger partial charge in [-0.05, 0) is 46.6 Å². The predicted molar refractivity (Wildman–Crippen MR) is 99.4 cm³/mol. The van der Waals surface area contributed by atoms with Gasteiger partial charge in [-0.25, -0.2) is 4.79 Å². The van der Waals surface area contributed by atoms with E-state index in [9.17, 15) is 4.79 Å². The van der Waals surface area contributed by atoms with Crippen LogP contribution in [-0.4, -0.2) is 5.97 Å². The molecule has 128 valence electrons. The molecule has 24 heavy (non-hydrogen) atoms. The number of esters is 1. The molecule has 2 aromatic carbocycles. The zero-order valence-electron chi connectivity index (χ0n) is 15.4. The summed E-state index contributed by atoms with van der Waals surface area (Å²) in [7, 11) is 0. The highest BCUT2D eigenvalue weighted by molar-refractivity contribution is 5.89. The summed E-state index contributed by atoms with van der Waals surface area (Å²) in [5, 5.41) is 0. The van der Waals surface area contributed by atoms with Crippen molar-refractivity contribution in [1.82, 2.24) is 0 Å². The number of hydrogen-bond donors (Lipinski definition) is 0. The van der Waals surface area contributed by atoms with E-state index in [0.29, 0.717) is 18.1 Å². The molecule has 0 radical (unpaired) electrons. The number of carbonyl (C=O) groups excluding carboxylic acids is 1. The molecule has 0 aliphatic heterocycles. The third-order valence-corrected chi connectivity index (χ3v) is 4.52. The van der Waals surface area contributed by atoms with Gasteiger partial charge >= 0.3 is 5.97 Å². The summed E-state index contributed by atoms with van der Waals surface area (Å²) in [5.41, 5.74) is 4.23. The summed E-state index contributed by atoms with van der Waals surface area (Å²) >= 11 is 0. The summed E-state index contributed by atoms with van der Waals surface area (Å²) in [5.74, 6) is 0.282. The van der Waals surface area contributed by atoms with Gasteiger partial charge in [-0.1, -0.05) is 71.0 Å². The van der Waals surface area contributed by atoms with Crippen molar-refractivity contribution in [2.45, 2.75) is 59.0 Å². The van der Waals surface area contributed by atoms with E-state index in [4.69, 9.17) is 4.74 Å². The van der Waals surface area contributed by atoms with Crippen molar-refractivity contribution in [3.8, 4) is 0 Å². The second-order valence-corrected chi connectivity index (χ2v) is 7.45. The van der Waals surface area contributed by atoms with Crippen LogP contribution in [0.5, 0.6) is 0 Å². The third kappa shape index (κ3) is 4.70. The van der Waals surface area contributed by atoms with Crippen LogP contribution in [0.15, 0.2) is 48.5 Å². The number of carbonyl (C=O) groups is 1. The molecule has 2 rings (SSSR count). The maximum Gasteiger partial charge on any atom is 0.338 e. The Bertz CT molecular complexity index is 661. The monoisotopic (exact) mass is 324 g/mol. The Kier molecular flexibility index (Phi) is 5.82. The van der Waals surface area contributed by atoms with E-state index in [-0.39, 0.29) is 11.4 Å². The minimum Gasteiger partial charge on any atom is -0.457 e. The molecule has 0 saturated heterocycles. The average molecular weight is 324 g/mol. The van der Waals surface area contributed by atoms with Gasteiger partial charge in [-0.15, -0.1) is 0 Å². The van der Waals surface area contributed by atoms with E-state index in [0.717, 1.165) is 12.0 Å². The highest BCUT2D eigenvalue weighted by Crippen LogP contribution is 2.23. The Hall–Kier alpha value is -2.09. The zero-order valence-corrected chi connectivity index (χ0v) is 15.4. The van der Waals surface area contributed by atoms with E-state index >= 15 is 0 Å². The van der Waals surface area contributed by atoms with Crippen LogP contribution in [-0.2, 0) is 16.8 Å². The van der Waals surface area contributed by atoms with Crippen molar-refractivity contribution < 1.29 is 9.53 Å². The van der Waals surface area contributed by atoms with E-state index in [1.165, 1.54) is 11.1 Å². The molecule has 1 atom stereocenters. The quantitative estimate of drug-likeness (QED) is 0.644. The van der Waals surface area contributed by atoms with Gasteiger partial charge in [0.1, 0.15) is 6.61 Å². The molecule has 0 saturated carbocycles. The Morgan fingerprint density at radius 2 is 1.58 bits per heavy atom. The van der Waals surface area contributed by atoms with Gasteiger partial charge in [0.25, 0.3) is 0 Å². The van der Waals surface area contributed by atoms with Crippen molar-refractivity contribution in [2.75, 3.05) is 0 Å². The SMILES string of the molecule is CCC(C)c1ccc(COC(=O)c2ccc(C(C)(C)C)cc2)cc1. The average Bonchev–Trinajstić information content (AvgIpc) is 2.58. The first-order valence-corrected chi connectivity index (χ1v) is 8.67. The normalized spacial score (nSPS) is 12.7. The van der Waals surface area contributed by atoms with Gasteiger partial charge in [-0.2, -0.15) is 0 Å². The Balaban J connectivity index is 1.95. The number of rotatable bonds is 5. The standard InChI is InChI=1S/C22H28O2/c1-6-16(2)18-9-7-17(8-10-18)15-24-21(23)19-11-13-20(14-12-19)22(3,4)5/h7-14,16H,6,15H2,1-5H3. The van der Waals surface area contributed by atoms with Crippen LogP contribution < -0.4 is 0 Å². The first-order chi connectivity index (χ1) is 11.3. The maximum absolute atomic E-state index is 12.2. The summed E-state index contributed by atoms with van der Waals surface area (Å²) in [6, 6.07) is 16.0. The molecule has 2 heteroatoms. The second-order valence-electron chi connectivity index (χ2n) is 7.45. The Labute approximate surface area is 145 Å². The van der Waals surface area contributed by atoms with Crippen molar-refractivity contribution in [3.63, 3.8) is 0 Å². The van der Waals surface area contributed by atoms with Crippen LogP contribution in [0.25, 0.3) is 0 Å². The van der Waals surface area contributed by atoms with Gasteiger partial charge in [0.05, 0.1) is 5.56 Å². The van der Waals surface area contributed by atoms with Crippen LogP contribution in [0.1, 0.15) is 74.0 Å². The summed E-state index contributed by atoms with van der Waals surface area (Å²) < 4.78 is 5.43. The highest BCUT2D eigenvalue weighted by Gasteiger charge is 2.14. The van der Waals surface area contributed by atoms with Crippen LogP contribution in [0.2, 0.25) is 0 Å². The lowest BCUT2D eigenvalue weighted by atomic mass is 9.87. The number of ether oxygens (including phenoxy) is 1. The molecule has 0 aromatic heterocycles. The Morgan fingerprint density at radius 3 is 2.08 bits per heavy atom. The van der Waals surface area contributed by atoms with Gasteiger partial charge in [0, 0.05) is 0 Å². The molecule has 0 fully saturated rings. The van der Waals surface area contributed by atoms with E-state index in [1.54, 1.807) is 0 Å². The lowest BCUT2D eigenvalue weighted by Crippen LogP contribution is -2.12. The zero-order chi connectivity index (χ0) is 17.7. The van der Waals surface area contributed by atoms with Crippen molar-refractivity contribution in [3.05, 3.63) is 70.8 Å². The molecule has 0 bridgehead atoms. The number of benzene rings is 2. The van der Waals surface area contributed by atoms with E-state index < -0.39 is 0 Å². The fourth-order valence-electron chi connectivity index (χ4n) is 2.52. The fraction of sp³-hybridized carbons (Fsp3) is 0.409. The van der Waals surface area contributed by atoms with Gasteiger partial charge < -0.3 is 4.74 Å². The molecule has 2 aromatic rings. The van der Waals surface area contributed by atoms with Gasteiger partial charge in [-0.3, -0.25) is 0 Å². The highest BCUT2D eigenvalue weighted by atomic mass is 16.5. The van der Waals surface area contributed by atoms with Crippen LogP contribution in [0.3, 0.4) is 0 Å². The minimum atomic E-state index is -0.276. The molecule has 0 aliphatic carbocycles. The Morgan fingerprint density at radius 1 is 1.00 bits per heavy atom. The van der Waals surface area contributed by atoms with E-state index in [1.807, 2.05) is 36.4 Å². The maximum atomic E-state index is 12.2. The molecule has 0 heterocycles. The molecule has 1 unspecified atom stereocenters. The van der Waals surface area contributed by atoms with Gasteiger partial charge in [0.15, 0.2) is 0 Å². The lowest BCUT2D eigenvalue weighted by molar-refractivity contribution is 0.0472. The first-order valence-electron chi connectivity index (χ1n) is 8.67. The topological polar surface area (TPSA) is 26.3 Å². The molecular formula is C22H28O2. The third-order valence-electron chi connectivity index (χ3n) is 4.52. The molecule has 0 amide bonds. The van der Waals surface area contributed by atoms with Crippen molar-refractivity contribution in [2.24, 2.45) is 0 Å². The molecule has 0 aliphatic rings. The van der Waals surface area contributed by atoms with Crippen molar-refractivity contribution >= 4 is 5.97 Å². The van der Waals surface area contributed by atoms with Crippen molar-refractivity contribution in [1.29, 1.82) is 0 Å². The minimum absolute atomic E-state index is 0.0831. The van der Waals surface area contributed by atoms with Gasteiger partial charge in [0.2, 0.25) is 0 Å². The molecule has 0 spiro atoms. The smallest absolute Gasteiger partial charge is 0.338 e. The summed E-state index contributed by atoms with van der Waals surface area (Å²) in [6.07, 6.45) is 1.12. The molecule has 0 N–H and O–H groups in total. The lowest BCUT2D eigenvalue weighted by Gasteiger charge is -2.18. The first kappa shape index (κ1) is 18.3. The fourth-order valence-corrected chi connectivity index (χ4v) is 2.52. The van der Waals surface area contributed by atoms with Crippen LogP contribution in [0, 0.1) is 0 Å². The summed E-state index contributed by atoms with van der Waals surface area (Å²) in [4.78, 5) is 12.2. The number of hydrogen-bond acceptors (Lipinski definition) is 2. The largest absolute Gasteiger partial charge is 0.457 e. The predicted octanol–water partition coefficient (Wildman–Crippen LogP) is 5.85. The van der Waals surface area contributed by atoms with Crippen LogP contribution in [0.4, 0.5) is 0 Å². The summed E-state index contributed by atoms with van der Waals surface area (Å²) in [6.45, 7) is 11.2. The second kappa shape index (κ2) is 7.65. The van der Waals surface area contributed by atoms with E-state index in [2.05, 4.69) is 46.8 Å². The molecule has 2 nitrogen and oxygen atoms in total. The molecular weight excluding hydrogens is 296 g/mol.